The van der Waals surface area contributed by atoms with E-state index in [9.17, 15) is 9.59 Å². The van der Waals surface area contributed by atoms with Crippen LogP contribution in [0.1, 0.15) is 16.9 Å². The highest BCUT2D eigenvalue weighted by Gasteiger charge is 2.22. The average Bonchev–Trinajstić information content (AvgIpc) is 3.48. The number of ether oxygens (including phenoxy) is 4. The Morgan fingerprint density at radius 2 is 1.64 bits per heavy atom. The maximum absolute atomic E-state index is 13.6. The third kappa shape index (κ3) is 9.19. The van der Waals surface area contributed by atoms with Crippen molar-refractivity contribution in [3.05, 3.63) is 70.4 Å². The van der Waals surface area contributed by atoms with Gasteiger partial charge in [-0.3, -0.25) is 4.79 Å². The molecule has 0 aliphatic carbocycles. The van der Waals surface area contributed by atoms with E-state index >= 15 is 0 Å². The molecule has 1 heterocycles. The number of hydrogen-bond acceptors (Lipinski definition) is 7. The summed E-state index contributed by atoms with van der Waals surface area (Å²) in [6.07, 6.45) is 1.23. The Bertz CT molecular complexity index is 1170. The van der Waals surface area contributed by atoms with Crippen molar-refractivity contribution in [3.8, 4) is 17.2 Å². The number of hydrogen-bond donors (Lipinski definition) is 1. The van der Waals surface area contributed by atoms with Gasteiger partial charge in [0.05, 0.1) is 27.9 Å². The van der Waals surface area contributed by atoms with Crippen LogP contribution in [-0.2, 0) is 22.5 Å². The summed E-state index contributed by atoms with van der Waals surface area (Å²) in [6.45, 7) is 1.76. The Morgan fingerprint density at radius 3 is 2.28 bits per heavy atom. The van der Waals surface area contributed by atoms with Crippen molar-refractivity contribution in [1.29, 1.82) is 0 Å². The van der Waals surface area contributed by atoms with Gasteiger partial charge in [-0.25, -0.2) is 4.79 Å². The number of urea groups is 1. The second kappa shape index (κ2) is 15.6. The average molecular weight is 556 g/mol. The molecule has 3 amide bonds. The van der Waals surface area contributed by atoms with Crippen LogP contribution in [0.3, 0.4) is 0 Å². The zero-order valence-electron chi connectivity index (χ0n) is 23.0. The van der Waals surface area contributed by atoms with Crippen molar-refractivity contribution in [2.75, 3.05) is 60.0 Å². The number of rotatable bonds is 15. The molecule has 3 rings (SSSR count). The van der Waals surface area contributed by atoms with Crippen molar-refractivity contribution in [3.63, 3.8) is 0 Å². The Kier molecular flexibility index (Phi) is 11.9. The fraction of sp³-hybridized carbons (Fsp3) is 0.379. The van der Waals surface area contributed by atoms with E-state index in [4.69, 9.17) is 18.9 Å². The second-order valence-electron chi connectivity index (χ2n) is 8.76. The number of thiophene rings is 1. The lowest BCUT2D eigenvalue weighted by molar-refractivity contribution is -0.132. The molecule has 0 saturated heterocycles. The van der Waals surface area contributed by atoms with E-state index in [1.54, 1.807) is 68.9 Å². The molecular weight excluding hydrogens is 518 g/mol. The molecule has 1 aromatic heterocycles. The van der Waals surface area contributed by atoms with Crippen LogP contribution in [0.5, 0.6) is 17.2 Å². The zero-order chi connectivity index (χ0) is 28.0. The number of nitrogens with zero attached hydrogens (tertiary/aromatic N) is 2. The lowest BCUT2D eigenvalue weighted by Gasteiger charge is -2.28. The van der Waals surface area contributed by atoms with E-state index in [2.05, 4.69) is 5.32 Å². The van der Waals surface area contributed by atoms with Gasteiger partial charge in [-0.2, -0.15) is 0 Å². The van der Waals surface area contributed by atoms with E-state index in [-0.39, 0.29) is 18.5 Å². The van der Waals surface area contributed by atoms with Gasteiger partial charge in [0.25, 0.3) is 0 Å². The Hall–Kier alpha value is -3.76. The third-order valence-electron chi connectivity index (χ3n) is 6.13. The van der Waals surface area contributed by atoms with E-state index in [1.165, 1.54) is 4.90 Å². The summed E-state index contributed by atoms with van der Waals surface area (Å²) in [5.41, 5.74) is 1.64. The molecule has 0 aliphatic heterocycles. The van der Waals surface area contributed by atoms with Crippen LogP contribution >= 0.6 is 11.3 Å². The molecule has 0 spiro atoms. The Labute approximate surface area is 234 Å². The lowest BCUT2D eigenvalue weighted by Crippen LogP contribution is -2.45. The molecule has 0 saturated carbocycles. The number of carbonyl (C=O) groups is 2. The number of amides is 3. The van der Waals surface area contributed by atoms with Crippen LogP contribution in [0.2, 0.25) is 0 Å². The first kappa shape index (κ1) is 29.8. The normalized spacial score (nSPS) is 10.6. The van der Waals surface area contributed by atoms with Crippen LogP contribution in [0.4, 0.5) is 10.5 Å². The minimum Gasteiger partial charge on any atom is -0.497 e. The summed E-state index contributed by atoms with van der Waals surface area (Å²) in [5.74, 6) is 1.86. The van der Waals surface area contributed by atoms with Gasteiger partial charge in [-0.05, 0) is 66.2 Å². The van der Waals surface area contributed by atoms with Gasteiger partial charge in [-0.1, -0.05) is 12.1 Å². The molecule has 3 aromatic rings. The summed E-state index contributed by atoms with van der Waals surface area (Å²) < 4.78 is 21.1. The molecule has 9 nitrogen and oxygen atoms in total. The quantitative estimate of drug-likeness (QED) is 0.268. The van der Waals surface area contributed by atoms with Crippen molar-refractivity contribution in [1.82, 2.24) is 9.80 Å². The monoisotopic (exact) mass is 555 g/mol. The van der Waals surface area contributed by atoms with Gasteiger partial charge in [0.15, 0.2) is 11.5 Å². The van der Waals surface area contributed by atoms with Crippen molar-refractivity contribution in [2.24, 2.45) is 0 Å². The van der Waals surface area contributed by atoms with Crippen LogP contribution in [-0.4, -0.2) is 76.4 Å². The Morgan fingerprint density at radius 1 is 0.872 bits per heavy atom. The second-order valence-corrected chi connectivity index (χ2v) is 9.79. The first-order chi connectivity index (χ1) is 19.0. The number of carbonyl (C=O) groups excluding carboxylic acids is 2. The summed E-state index contributed by atoms with van der Waals surface area (Å²) in [7, 11) is 6.40. The minimum absolute atomic E-state index is 0.0526. The van der Waals surface area contributed by atoms with Gasteiger partial charge in [0.1, 0.15) is 12.3 Å². The SMILES string of the molecule is COCCCN(CC(=O)N(CCc1ccc(OC)c(OC)c1)Cc1cccs1)C(=O)Nc1ccc(OC)cc1. The molecule has 0 atom stereocenters. The molecule has 210 valence electrons. The molecule has 0 radical (unpaired) electrons. The lowest BCUT2D eigenvalue weighted by atomic mass is 10.1. The molecule has 2 aromatic carbocycles. The highest BCUT2D eigenvalue weighted by Crippen LogP contribution is 2.28. The van der Waals surface area contributed by atoms with E-state index in [1.807, 2.05) is 35.7 Å². The van der Waals surface area contributed by atoms with Crippen molar-refractivity contribution in [2.45, 2.75) is 19.4 Å². The summed E-state index contributed by atoms with van der Waals surface area (Å²) in [4.78, 5) is 31.2. The number of nitrogens with one attached hydrogen (secondary N) is 1. The largest absolute Gasteiger partial charge is 0.497 e. The predicted octanol–water partition coefficient (Wildman–Crippen LogP) is 4.92. The molecule has 0 aliphatic rings. The Balaban J connectivity index is 1.73. The zero-order valence-corrected chi connectivity index (χ0v) is 23.8. The van der Waals surface area contributed by atoms with Crippen LogP contribution in [0, 0.1) is 0 Å². The molecule has 39 heavy (non-hydrogen) atoms. The van der Waals surface area contributed by atoms with Gasteiger partial charge < -0.3 is 34.1 Å². The summed E-state index contributed by atoms with van der Waals surface area (Å²) in [5, 5.41) is 4.88. The number of anilines is 1. The minimum atomic E-state index is -0.347. The summed E-state index contributed by atoms with van der Waals surface area (Å²) in [6, 6.07) is 16.4. The number of methoxy groups -OCH3 is 4. The van der Waals surface area contributed by atoms with Crippen LogP contribution in [0.25, 0.3) is 0 Å². The number of benzene rings is 2. The van der Waals surface area contributed by atoms with Crippen LogP contribution < -0.4 is 19.5 Å². The van der Waals surface area contributed by atoms with E-state index in [0.29, 0.717) is 62.0 Å². The van der Waals surface area contributed by atoms with Crippen molar-refractivity contribution < 1.29 is 28.5 Å². The molecule has 0 fully saturated rings. The fourth-order valence-electron chi connectivity index (χ4n) is 3.98. The van der Waals surface area contributed by atoms with E-state index in [0.717, 1.165) is 10.4 Å². The molecule has 10 heteroatoms. The fourth-order valence-corrected chi connectivity index (χ4v) is 4.69. The summed E-state index contributed by atoms with van der Waals surface area (Å²) >= 11 is 1.60. The van der Waals surface area contributed by atoms with Gasteiger partial charge >= 0.3 is 6.03 Å². The van der Waals surface area contributed by atoms with Gasteiger partial charge in [0, 0.05) is 37.4 Å². The van der Waals surface area contributed by atoms with Crippen molar-refractivity contribution >= 4 is 29.0 Å². The highest BCUT2D eigenvalue weighted by molar-refractivity contribution is 7.09. The maximum Gasteiger partial charge on any atom is 0.322 e. The highest BCUT2D eigenvalue weighted by atomic mass is 32.1. The molecule has 1 N–H and O–H groups in total. The van der Waals surface area contributed by atoms with Gasteiger partial charge in [0.2, 0.25) is 5.91 Å². The standard InChI is InChI=1S/C29H37N3O6S/c1-35-17-6-15-32(29(34)30-23-9-11-24(36-2)12-10-23)21-28(33)31(20-25-7-5-18-39-25)16-14-22-8-13-26(37-3)27(19-22)38-4/h5,7-13,18-19H,6,14-17,20-21H2,1-4H3,(H,30,34). The molecule has 0 unspecified atom stereocenters. The maximum atomic E-state index is 13.6. The predicted molar refractivity (Wildman–Crippen MR) is 153 cm³/mol. The third-order valence-corrected chi connectivity index (χ3v) is 6.99. The van der Waals surface area contributed by atoms with E-state index < -0.39 is 0 Å². The molecular formula is C29H37N3O6S. The molecule has 0 bridgehead atoms. The smallest absolute Gasteiger partial charge is 0.322 e. The van der Waals surface area contributed by atoms with Gasteiger partial charge in [-0.15, -0.1) is 11.3 Å². The van der Waals surface area contributed by atoms with Crippen LogP contribution in [0.15, 0.2) is 60.0 Å². The first-order valence-corrected chi connectivity index (χ1v) is 13.5. The topological polar surface area (TPSA) is 89.6 Å². The first-order valence-electron chi connectivity index (χ1n) is 12.7.